The van der Waals surface area contributed by atoms with Gasteiger partial charge in [-0.15, -0.1) is 0 Å². The van der Waals surface area contributed by atoms with E-state index in [-0.39, 0.29) is 24.3 Å². The summed E-state index contributed by atoms with van der Waals surface area (Å²) < 4.78 is 53.0. The van der Waals surface area contributed by atoms with Crippen LogP contribution < -0.4 is 9.46 Å². The van der Waals surface area contributed by atoms with Gasteiger partial charge >= 0.3 is 5.97 Å². The standard InChI is InChI=1S/C28H27FN2O6S/c1-19-26(31-28(37-19)21-6-3-2-4-7-21)14-15-36-24-12-10-20(11-13-27(32)33)22(16-24)18-30-38(34,35)25-9-5-8-23(29)17-25/h2-10,12,16-17,30H,11,13-15,18H2,1H3,(H,32,33). The normalized spacial score (nSPS) is 11.4. The van der Waals surface area contributed by atoms with Gasteiger partial charge in [0.25, 0.3) is 0 Å². The summed E-state index contributed by atoms with van der Waals surface area (Å²) in [5.41, 5.74) is 2.88. The first-order valence-electron chi connectivity index (χ1n) is 11.9. The van der Waals surface area contributed by atoms with Gasteiger partial charge in [-0.3, -0.25) is 4.79 Å². The molecular weight excluding hydrogens is 511 g/mol. The molecule has 0 aliphatic heterocycles. The molecule has 0 saturated carbocycles. The Hall–Kier alpha value is -4.02. The second-order valence-electron chi connectivity index (χ2n) is 8.59. The van der Waals surface area contributed by atoms with Gasteiger partial charge in [0.05, 0.1) is 17.2 Å². The minimum Gasteiger partial charge on any atom is -0.493 e. The maximum atomic E-state index is 13.5. The van der Waals surface area contributed by atoms with E-state index in [9.17, 15) is 17.6 Å². The number of carboxylic acids is 1. The summed E-state index contributed by atoms with van der Waals surface area (Å²) in [6.45, 7) is 2.02. The molecular formula is C28H27FN2O6S. The van der Waals surface area contributed by atoms with Crippen molar-refractivity contribution in [2.24, 2.45) is 0 Å². The Labute approximate surface area is 220 Å². The highest BCUT2D eigenvalue weighted by Crippen LogP contribution is 2.23. The Morgan fingerprint density at radius 2 is 1.82 bits per heavy atom. The van der Waals surface area contributed by atoms with E-state index >= 15 is 0 Å². The van der Waals surface area contributed by atoms with Crippen LogP contribution in [0, 0.1) is 12.7 Å². The summed E-state index contributed by atoms with van der Waals surface area (Å²) in [5.74, 6) is 0.101. The molecule has 4 aromatic rings. The molecule has 0 saturated heterocycles. The van der Waals surface area contributed by atoms with Gasteiger partial charge in [-0.2, -0.15) is 0 Å². The zero-order valence-electron chi connectivity index (χ0n) is 20.7. The molecule has 3 aromatic carbocycles. The van der Waals surface area contributed by atoms with Gasteiger partial charge in [-0.1, -0.05) is 30.3 Å². The number of aromatic nitrogens is 1. The summed E-state index contributed by atoms with van der Waals surface area (Å²) in [7, 11) is -3.99. The van der Waals surface area contributed by atoms with Crippen molar-refractivity contribution >= 4 is 16.0 Å². The highest BCUT2D eigenvalue weighted by Gasteiger charge is 2.17. The number of hydrogen-bond donors (Lipinski definition) is 2. The van der Waals surface area contributed by atoms with Crippen LogP contribution in [0.4, 0.5) is 4.39 Å². The monoisotopic (exact) mass is 538 g/mol. The minimum atomic E-state index is -3.99. The maximum Gasteiger partial charge on any atom is 0.303 e. The molecule has 1 heterocycles. The number of carbonyl (C=O) groups is 1. The van der Waals surface area contributed by atoms with Crippen molar-refractivity contribution in [3.8, 4) is 17.2 Å². The zero-order chi connectivity index (χ0) is 27.1. The number of oxazole rings is 1. The van der Waals surface area contributed by atoms with E-state index in [1.165, 1.54) is 12.1 Å². The van der Waals surface area contributed by atoms with E-state index in [4.69, 9.17) is 14.3 Å². The van der Waals surface area contributed by atoms with Crippen LogP contribution in [0.5, 0.6) is 5.75 Å². The molecule has 0 amide bonds. The average molecular weight is 539 g/mol. The van der Waals surface area contributed by atoms with Crippen LogP contribution in [0.1, 0.15) is 29.0 Å². The number of nitrogens with zero attached hydrogens (tertiary/aromatic N) is 1. The fraction of sp³-hybridized carbons (Fsp3) is 0.214. The topological polar surface area (TPSA) is 119 Å². The summed E-state index contributed by atoms with van der Waals surface area (Å²) in [5, 5.41) is 9.09. The molecule has 0 bridgehead atoms. The van der Waals surface area contributed by atoms with Crippen LogP contribution in [-0.2, 0) is 34.2 Å². The molecule has 4 rings (SSSR count). The van der Waals surface area contributed by atoms with E-state index in [2.05, 4.69) is 9.71 Å². The van der Waals surface area contributed by atoms with Crippen molar-refractivity contribution in [3.63, 3.8) is 0 Å². The molecule has 0 atom stereocenters. The molecule has 0 aliphatic carbocycles. The molecule has 10 heteroatoms. The molecule has 0 aliphatic rings. The van der Waals surface area contributed by atoms with Crippen molar-refractivity contribution in [2.75, 3.05) is 6.61 Å². The molecule has 0 unspecified atom stereocenters. The average Bonchev–Trinajstić information content (AvgIpc) is 3.27. The number of aryl methyl sites for hydroxylation is 2. The lowest BCUT2D eigenvalue weighted by molar-refractivity contribution is -0.136. The predicted octanol–water partition coefficient (Wildman–Crippen LogP) is 4.91. The number of hydrogen-bond acceptors (Lipinski definition) is 6. The van der Waals surface area contributed by atoms with Crippen LogP contribution >= 0.6 is 0 Å². The van der Waals surface area contributed by atoms with Gasteiger partial charge in [0.15, 0.2) is 0 Å². The third-order valence-electron chi connectivity index (χ3n) is 5.87. The van der Waals surface area contributed by atoms with Crippen LogP contribution in [0.3, 0.4) is 0 Å². The number of benzene rings is 3. The Balaban J connectivity index is 1.45. The Morgan fingerprint density at radius 3 is 2.55 bits per heavy atom. The second kappa shape index (κ2) is 12.0. The largest absolute Gasteiger partial charge is 0.493 e. The van der Waals surface area contributed by atoms with Gasteiger partial charge in [-0.05, 0) is 66.9 Å². The Kier molecular flexibility index (Phi) is 8.55. The van der Waals surface area contributed by atoms with E-state index in [1.807, 2.05) is 37.3 Å². The van der Waals surface area contributed by atoms with E-state index in [0.717, 1.165) is 23.4 Å². The number of aliphatic carboxylic acids is 1. The van der Waals surface area contributed by atoms with Gasteiger partial charge in [0, 0.05) is 24.9 Å². The van der Waals surface area contributed by atoms with Gasteiger partial charge in [0.1, 0.15) is 17.3 Å². The van der Waals surface area contributed by atoms with Crippen molar-refractivity contribution in [2.45, 2.75) is 37.6 Å². The van der Waals surface area contributed by atoms with Gasteiger partial charge in [0.2, 0.25) is 15.9 Å². The molecule has 0 radical (unpaired) electrons. The predicted molar refractivity (Wildman–Crippen MR) is 139 cm³/mol. The zero-order valence-corrected chi connectivity index (χ0v) is 21.5. The fourth-order valence-corrected chi connectivity index (χ4v) is 4.90. The van der Waals surface area contributed by atoms with E-state index in [1.54, 1.807) is 18.2 Å². The first-order chi connectivity index (χ1) is 18.2. The third kappa shape index (κ3) is 7.05. The summed E-state index contributed by atoms with van der Waals surface area (Å²) in [4.78, 5) is 15.5. The van der Waals surface area contributed by atoms with Gasteiger partial charge in [-0.25, -0.2) is 22.5 Å². The van der Waals surface area contributed by atoms with Crippen LogP contribution in [0.25, 0.3) is 11.5 Å². The summed E-state index contributed by atoms with van der Waals surface area (Å²) >= 11 is 0. The molecule has 198 valence electrons. The Morgan fingerprint density at radius 1 is 1.03 bits per heavy atom. The molecule has 2 N–H and O–H groups in total. The number of rotatable bonds is 12. The van der Waals surface area contributed by atoms with Crippen molar-refractivity contribution in [1.82, 2.24) is 9.71 Å². The highest BCUT2D eigenvalue weighted by molar-refractivity contribution is 7.89. The SMILES string of the molecule is Cc1oc(-c2ccccc2)nc1CCOc1ccc(CCC(=O)O)c(CNS(=O)(=O)c2cccc(F)c2)c1. The molecule has 1 aromatic heterocycles. The third-order valence-corrected chi connectivity index (χ3v) is 7.26. The maximum absolute atomic E-state index is 13.5. The smallest absolute Gasteiger partial charge is 0.303 e. The fourth-order valence-electron chi connectivity index (χ4n) is 3.86. The molecule has 0 spiro atoms. The van der Waals surface area contributed by atoms with E-state index < -0.39 is 21.8 Å². The number of carboxylic acid groups (broad SMARTS) is 1. The first kappa shape index (κ1) is 27.0. The van der Waals surface area contributed by atoms with Crippen molar-refractivity contribution in [1.29, 1.82) is 0 Å². The summed E-state index contributed by atoms with van der Waals surface area (Å²) in [6, 6.07) is 19.4. The minimum absolute atomic E-state index is 0.112. The molecule has 0 fully saturated rings. The van der Waals surface area contributed by atoms with Crippen LogP contribution in [0.15, 0.2) is 82.1 Å². The van der Waals surface area contributed by atoms with Crippen molar-refractivity contribution < 1.29 is 31.9 Å². The second-order valence-corrected chi connectivity index (χ2v) is 10.4. The van der Waals surface area contributed by atoms with Crippen LogP contribution in [-0.4, -0.2) is 31.1 Å². The molecule has 8 nitrogen and oxygen atoms in total. The lowest BCUT2D eigenvalue weighted by Gasteiger charge is -2.14. The highest BCUT2D eigenvalue weighted by atomic mass is 32.2. The van der Waals surface area contributed by atoms with E-state index in [0.29, 0.717) is 41.6 Å². The lowest BCUT2D eigenvalue weighted by Crippen LogP contribution is -2.24. The number of nitrogens with one attached hydrogen (secondary N) is 1. The van der Waals surface area contributed by atoms with Gasteiger partial charge < -0.3 is 14.3 Å². The number of sulfonamides is 1. The molecule has 38 heavy (non-hydrogen) atoms. The number of halogens is 1. The lowest BCUT2D eigenvalue weighted by atomic mass is 10.0. The quantitative estimate of drug-likeness (QED) is 0.263. The number of ether oxygens (including phenoxy) is 1. The summed E-state index contributed by atoms with van der Waals surface area (Å²) in [6.07, 6.45) is 0.594. The Bertz CT molecular complexity index is 1520. The first-order valence-corrected chi connectivity index (χ1v) is 13.4. The van der Waals surface area contributed by atoms with Crippen LogP contribution in [0.2, 0.25) is 0 Å². The van der Waals surface area contributed by atoms with Crippen molar-refractivity contribution in [3.05, 3.63) is 101 Å².